The normalized spacial score (nSPS) is 11.1. The van der Waals surface area contributed by atoms with Gasteiger partial charge >= 0.3 is 0 Å². The zero-order chi connectivity index (χ0) is 20.7. The number of pyridine rings is 1. The van der Waals surface area contributed by atoms with E-state index >= 15 is 0 Å². The molecule has 5 aromatic rings. The Morgan fingerprint density at radius 3 is 2.63 bits per heavy atom. The van der Waals surface area contributed by atoms with E-state index in [0.717, 1.165) is 38.6 Å². The number of para-hydroxylation sites is 2. The molecular formula is C22H16N6OS. The van der Waals surface area contributed by atoms with Gasteiger partial charge in [0.05, 0.1) is 18.1 Å². The van der Waals surface area contributed by atoms with Crippen LogP contribution in [0.15, 0.2) is 54.6 Å². The fraction of sp³-hybridized carbons (Fsp3) is 0.0909. The number of hydrogen-bond acceptors (Lipinski definition) is 7. The maximum atomic E-state index is 10.0. The summed E-state index contributed by atoms with van der Waals surface area (Å²) in [6.45, 7) is 0. The van der Waals surface area contributed by atoms with Crippen molar-refractivity contribution >= 4 is 33.1 Å². The van der Waals surface area contributed by atoms with E-state index in [2.05, 4.69) is 16.3 Å². The van der Waals surface area contributed by atoms with Gasteiger partial charge in [-0.1, -0.05) is 35.6 Å². The predicted octanol–water partition coefficient (Wildman–Crippen LogP) is 4.06. The van der Waals surface area contributed by atoms with Crippen molar-refractivity contribution in [2.75, 3.05) is 12.8 Å². The summed E-state index contributed by atoms with van der Waals surface area (Å²) in [5, 5.41) is 19.4. The first-order valence-electron chi connectivity index (χ1n) is 9.23. The van der Waals surface area contributed by atoms with E-state index in [9.17, 15) is 5.26 Å². The fourth-order valence-electron chi connectivity index (χ4n) is 3.64. The Bertz CT molecular complexity index is 1430. The Balaban J connectivity index is 1.81. The van der Waals surface area contributed by atoms with Gasteiger partial charge in [0, 0.05) is 17.7 Å². The summed E-state index contributed by atoms with van der Waals surface area (Å²) in [4.78, 5) is 4.77. The number of nitrogen functional groups attached to an aromatic ring is 1. The minimum Gasteiger partial charge on any atom is -0.497 e. The first-order chi connectivity index (χ1) is 14.7. The van der Waals surface area contributed by atoms with E-state index in [4.69, 9.17) is 15.5 Å². The molecule has 2 aromatic carbocycles. The molecule has 3 heterocycles. The zero-order valence-corrected chi connectivity index (χ0v) is 16.8. The summed E-state index contributed by atoms with van der Waals surface area (Å²) in [5.41, 5.74) is 11.4. The molecule has 8 heteroatoms. The summed E-state index contributed by atoms with van der Waals surface area (Å²) in [6.07, 6.45) is 0.528. The van der Waals surface area contributed by atoms with Crippen molar-refractivity contribution in [3.05, 3.63) is 70.9 Å². The number of aromatic nitrogens is 4. The number of anilines is 1. The third-order valence-electron chi connectivity index (χ3n) is 4.98. The minimum atomic E-state index is 0.431. The number of fused-ring (bicyclic) bond motifs is 3. The maximum absolute atomic E-state index is 10.0. The van der Waals surface area contributed by atoms with Crippen LogP contribution in [0, 0.1) is 11.3 Å². The molecule has 0 saturated heterocycles. The van der Waals surface area contributed by atoms with Gasteiger partial charge in [0.25, 0.3) is 0 Å². The molecule has 146 valence electrons. The number of nitrogens with two attached hydrogens (primary N) is 1. The highest BCUT2D eigenvalue weighted by Crippen LogP contribution is 2.32. The van der Waals surface area contributed by atoms with Gasteiger partial charge in [-0.15, -0.1) is 10.2 Å². The number of nitriles is 1. The van der Waals surface area contributed by atoms with Crippen molar-refractivity contribution in [1.82, 2.24) is 19.6 Å². The van der Waals surface area contributed by atoms with Crippen LogP contribution in [0.4, 0.5) is 5.13 Å². The summed E-state index contributed by atoms with van der Waals surface area (Å²) >= 11 is 1.36. The van der Waals surface area contributed by atoms with Crippen molar-refractivity contribution < 1.29 is 4.74 Å². The number of ether oxygens (including phenoxy) is 1. The highest BCUT2D eigenvalue weighted by Gasteiger charge is 2.19. The molecule has 0 aliphatic carbocycles. The molecule has 0 amide bonds. The molecule has 0 aliphatic heterocycles. The van der Waals surface area contributed by atoms with Crippen LogP contribution in [0.2, 0.25) is 0 Å². The van der Waals surface area contributed by atoms with Crippen molar-refractivity contribution in [1.29, 1.82) is 5.26 Å². The molecule has 0 saturated carbocycles. The molecule has 0 radical (unpaired) electrons. The lowest BCUT2D eigenvalue weighted by Crippen LogP contribution is -2.02. The molecule has 0 unspecified atom stereocenters. The number of benzene rings is 2. The number of methoxy groups -OCH3 is 1. The molecule has 0 atom stereocenters. The van der Waals surface area contributed by atoms with Crippen molar-refractivity contribution in [2.45, 2.75) is 6.42 Å². The van der Waals surface area contributed by atoms with Gasteiger partial charge in [0.1, 0.15) is 22.4 Å². The van der Waals surface area contributed by atoms with Crippen LogP contribution in [0.5, 0.6) is 5.75 Å². The Morgan fingerprint density at radius 1 is 1.13 bits per heavy atom. The Kier molecular flexibility index (Phi) is 4.30. The number of hydrogen-bond donors (Lipinski definition) is 1. The van der Waals surface area contributed by atoms with E-state index in [1.807, 2.05) is 59.0 Å². The van der Waals surface area contributed by atoms with Gasteiger partial charge in [-0.3, -0.25) is 4.40 Å². The topological polar surface area (TPSA) is 102 Å². The second-order valence-corrected chi connectivity index (χ2v) is 7.83. The Morgan fingerprint density at radius 2 is 1.93 bits per heavy atom. The summed E-state index contributed by atoms with van der Waals surface area (Å²) in [5.74, 6) is 0.759. The lowest BCUT2D eigenvalue weighted by Gasteiger charge is -2.12. The molecule has 0 aliphatic rings. The molecule has 0 spiro atoms. The number of rotatable bonds is 4. The monoisotopic (exact) mass is 412 g/mol. The first-order valence-corrected chi connectivity index (χ1v) is 10.0. The molecular weight excluding hydrogens is 396 g/mol. The van der Waals surface area contributed by atoms with Gasteiger partial charge in [0.15, 0.2) is 5.65 Å². The van der Waals surface area contributed by atoms with Gasteiger partial charge in [0.2, 0.25) is 5.13 Å². The smallest absolute Gasteiger partial charge is 0.203 e. The molecule has 0 fully saturated rings. The highest BCUT2D eigenvalue weighted by molar-refractivity contribution is 7.15. The van der Waals surface area contributed by atoms with Crippen molar-refractivity contribution in [2.24, 2.45) is 0 Å². The fourth-order valence-corrected chi connectivity index (χ4v) is 4.26. The van der Waals surface area contributed by atoms with Crippen LogP contribution < -0.4 is 10.5 Å². The van der Waals surface area contributed by atoms with E-state index in [-0.39, 0.29) is 0 Å². The number of imidazole rings is 1. The third-order valence-corrected chi connectivity index (χ3v) is 5.73. The van der Waals surface area contributed by atoms with E-state index in [0.29, 0.717) is 22.8 Å². The average molecular weight is 412 g/mol. The highest BCUT2D eigenvalue weighted by atomic mass is 32.1. The Labute approximate surface area is 176 Å². The Hall–Kier alpha value is -3.96. The lowest BCUT2D eigenvalue weighted by atomic mass is 9.99. The quantitative estimate of drug-likeness (QED) is 0.478. The van der Waals surface area contributed by atoms with Crippen LogP contribution in [-0.2, 0) is 6.42 Å². The second kappa shape index (κ2) is 7.13. The standard InChI is InChI=1S/C22H16N6OS/c1-29-15-8-6-13(7-9-15)16-10-14(11-20-26-27-22(24)30-20)28-19-5-3-2-4-18(19)25-21(28)17(16)12-23/h2-10H,11H2,1H3,(H2,24,27). The predicted molar refractivity (Wildman–Crippen MR) is 117 cm³/mol. The summed E-state index contributed by atoms with van der Waals surface area (Å²) in [6, 6.07) is 19.9. The molecule has 7 nitrogen and oxygen atoms in total. The van der Waals surface area contributed by atoms with Crippen molar-refractivity contribution in [3.8, 4) is 22.9 Å². The van der Waals surface area contributed by atoms with Gasteiger partial charge in [-0.25, -0.2) is 4.98 Å². The van der Waals surface area contributed by atoms with E-state index in [1.165, 1.54) is 11.3 Å². The van der Waals surface area contributed by atoms with Gasteiger partial charge < -0.3 is 10.5 Å². The summed E-state index contributed by atoms with van der Waals surface area (Å²) < 4.78 is 7.30. The van der Waals surface area contributed by atoms with Crippen LogP contribution in [0.25, 0.3) is 27.8 Å². The van der Waals surface area contributed by atoms with Gasteiger partial charge in [-0.05, 0) is 35.9 Å². The maximum Gasteiger partial charge on any atom is 0.203 e. The van der Waals surface area contributed by atoms with Crippen LogP contribution in [0.1, 0.15) is 16.3 Å². The zero-order valence-electron chi connectivity index (χ0n) is 16.0. The molecule has 30 heavy (non-hydrogen) atoms. The molecule has 3 aromatic heterocycles. The molecule has 2 N–H and O–H groups in total. The summed E-state index contributed by atoms with van der Waals surface area (Å²) in [7, 11) is 1.63. The SMILES string of the molecule is COc1ccc(-c2cc(Cc3nnc(N)s3)n3c(nc4ccccc43)c2C#N)cc1. The average Bonchev–Trinajstić information content (AvgIpc) is 3.37. The van der Waals surface area contributed by atoms with Gasteiger partial charge in [-0.2, -0.15) is 5.26 Å². The third kappa shape index (κ3) is 2.93. The van der Waals surface area contributed by atoms with Crippen LogP contribution in [-0.4, -0.2) is 26.7 Å². The van der Waals surface area contributed by atoms with Crippen molar-refractivity contribution in [3.63, 3.8) is 0 Å². The minimum absolute atomic E-state index is 0.431. The second-order valence-electron chi connectivity index (χ2n) is 6.74. The number of nitrogens with zero attached hydrogens (tertiary/aromatic N) is 5. The van der Waals surface area contributed by atoms with Crippen LogP contribution in [0.3, 0.4) is 0 Å². The lowest BCUT2D eigenvalue weighted by molar-refractivity contribution is 0.415. The van der Waals surface area contributed by atoms with E-state index < -0.39 is 0 Å². The molecule has 0 bridgehead atoms. The van der Waals surface area contributed by atoms with E-state index in [1.54, 1.807) is 7.11 Å². The largest absolute Gasteiger partial charge is 0.497 e. The molecule has 5 rings (SSSR count). The van der Waals surface area contributed by atoms with Crippen LogP contribution >= 0.6 is 11.3 Å². The first kappa shape index (κ1) is 18.1.